The Hall–Kier alpha value is -3.40. The maximum Gasteiger partial charge on any atom is 0.242 e. The van der Waals surface area contributed by atoms with Crippen LogP contribution in [-0.2, 0) is 35.4 Å². The van der Waals surface area contributed by atoms with Crippen LogP contribution in [0.1, 0.15) is 35.7 Å². The summed E-state index contributed by atoms with van der Waals surface area (Å²) < 4.78 is 0. The molecule has 160 valence electrons. The van der Waals surface area contributed by atoms with Crippen LogP contribution >= 0.6 is 0 Å². The maximum absolute atomic E-state index is 12.7. The highest BCUT2D eigenvalue weighted by molar-refractivity contribution is 5.84. The second-order valence-corrected chi connectivity index (χ2v) is 8.14. The zero-order chi connectivity index (χ0) is 21.8. The third-order valence-corrected chi connectivity index (χ3v) is 5.97. The van der Waals surface area contributed by atoms with Gasteiger partial charge < -0.3 is 15.1 Å². The van der Waals surface area contributed by atoms with Crippen molar-refractivity contribution in [3.8, 4) is 12.3 Å². The molecule has 2 aliphatic rings. The molecule has 1 aromatic heterocycles. The van der Waals surface area contributed by atoms with Crippen LogP contribution in [0.2, 0.25) is 0 Å². The zero-order valence-electron chi connectivity index (χ0n) is 17.8. The lowest BCUT2D eigenvalue weighted by Crippen LogP contribution is -2.44. The Morgan fingerprint density at radius 3 is 2.68 bits per heavy atom. The van der Waals surface area contributed by atoms with E-state index in [0.717, 1.165) is 24.1 Å². The summed E-state index contributed by atoms with van der Waals surface area (Å²) in [6, 6.07) is 8.81. The van der Waals surface area contributed by atoms with Crippen LogP contribution in [0.4, 0.5) is 5.95 Å². The Morgan fingerprint density at radius 1 is 1.26 bits per heavy atom. The highest BCUT2D eigenvalue weighted by atomic mass is 16.2. The fourth-order valence-corrected chi connectivity index (χ4v) is 4.25. The van der Waals surface area contributed by atoms with Crippen molar-refractivity contribution in [3.05, 3.63) is 52.8 Å². The van der Waals surface area contributed by atoms with E-state index < -0.39 is 0 Å². The van der Waals surface area contributed by atoms with Crippen molar-refractivity contribution in [2.24, 2.45) is 0 Å². The van der Waals surface area contributed by atoms with E-state index in [-0.39, 0.29) is 18.4 Å². The summed E-state index contributed by atoms with van der Waals surface area (Å²) >= 11 is 0. The van der Waals surface area contributed by atoms with Gasteiger partial charge in [-0.05, 0) is 24.0 Å². The lowest BCUT2D eigenvalue weighted by Gasteiger charge is -2.30. The SMILES string of the molecule is C#CCCN(CC(=O)N1CCc2nc(NC3Cc4ccccc4C3)ncc2C1)C(C)=O. The molecule has 2 heterocycles. The molecule has 7 heteroatoms. The summed E-state index contributed by atoms with van der Waals surface area (Å²) in [5.74, 6) is 2.94. The van der Waals surface area contributed by atoms with Gasteiger partial charge in [-0.2, -0.15) is 0 Å². The van der Waals surface area contributed by atoms with Crippen LogP contribution in [0.25, 0.3) is 0 Å². The summed E-state index contributed by atoms with van der Waals surface area (Å²) in [4.78, 5) is 37.0. The first-order chi connectivity index (χ1) is 15.0. The molecule has 4 rings (SSSR count). The maximum atomic E-state index is 12.7. The molecule has 0 unspecified atom stereocenters. The predicted octanol–water partition coefficient (Wildman–Crippen LogP) is 1.81. The summed E-state index contributed by atoms with van der Waals surface area (Å²) in [6.07, 6.45) is 10.2. The van der Waals surface area contributed by atoms with Crippen molar-refractivity contribution in [1.82, 2.24) is 19.8 Å². The van der Waals surface area contributed by atoms with Gasteiger partial charge in [0, 0.05) is 57.2 Å². The molecule has 0 radical (unpaired) electrons. The number of amides is 2. The molecule has 0 bridgehead atoms. The summed E-state index contributed by atoms with van der Waals surface area (Å²) in [5.41, 5.74) is 4.70. The average Bonchev–Trinajstić information content (AvgIpc) is 3.18. The van der Waals surface area contributed by atoms with E-state index in [4.69, 9.17) is 11.4 Å². The van der Waals surface area contributed by atoms with Crippen molar-refractivity contribution < 1.29 is 9.59 Å². The topological polar surface area (TPSA) is 78.4 Å². The Bertz CT molecular complexity index is 1000. The molecule has 0 saturated heterocycles. The monoisotopic (exact) mass is 417 g/mol. The van der Waals surface area contributed by atoms with Gasteiger partial charge in [0.15, 0.2) is 0 Å². The van der Waals surface area contributed by atoms with E-state index in [0.29, 0.717) is 44.5 Å². The Kier molecular flexibility index (Phi) is 6.17. The van der Waals surface area contributed by atoms with Crippen molar-refractivity contribution in [2.75, 3.05) is 25.0 Å². The number of anilines is 1. The lowest BCUT2D eigenvalue weighted by atomic mass is 10.1. The van der Waals surface area contributed by atoms with Crippen LogP contribution in [0.15, 0.2) is 30.5 Å². The second-order valence-electron chi connectivity index (χ2n) is 8.14. The number of hydrogen-bond donors (Lipinski definition) is 1. The minimum atomic E-state index is -0.144. The minimum absolute atomic E-state index is 0.0507. The zero-order valence-corrected chi connectivity index (χ0v) is 17.8. The van der Waals surface area contributed by atoms with E-state index in [2.05, 4.69) is 40.5 Å². The standard InChI is InChI=1S/C24H27N5O2/c1-3-4-10-28(17(2)30)16-23(31)29-11-9-22-20(15-29)14-25-24(27-22)26-21-12-18-7-5-6-8-19(18)13-21/h1,5-8,14,21H,4,9-13,15-16H2,2H3,(H,25,26,27). The molecule has 0 fully saturated rings. The van der Waals surface area contributed by atoms with E-state index in [1.807, 2.05) is 6.20 Å². The molecule has 0 atom stereocenters. The molecular formula is C24H27N5O2. The van der Waals surface area contributed by atoms with Gasteiger partial charge >= 0.3 is 0 Å². The molecule has 1 N–H and O–H groups in total. The number of nitrogens with one attached hydrogen (secondary N) is 1. The average molecular weight is 418 g/mol. The van der Waals surface area contributed by atoms with Gasteiger partial charge in [0.2, 0.25) is 17.8 Å². The highest BCUT2D eigenvalue weighted by Gasteiger charge is 2.26. The number of benzene rings is 1. The molecule has 1 aliphatic carbocycles. The van der Waals surface area contributed by atoms with Crippen LogP contribution in [-0.4, -0.2) is 57.3 Å². The Balaban J connectivity index is 1.36. The smallest absolute Gasteiger partial charge is 0.242 e. The first kappa shape index (κ1) is 20.9. The number of terminal acetylenes is 1. The predicted molar refractivity (Wildman–Crippen MR) is 118 cm³/mol. The number of aromatic nitrogens is 2. The second kappa shape index (κ2) is 9.17. The molecule has 2 amide bonds. The quantitative estimate of drug-likeness (QED) is 0.726. The van der Waals surface area contributed by atoms with E-state index >= 15 is 0 Å². The summed E-state index contributed by atoms with van der Waals surface area (Å²) in [7, 11) is 0. The van der Waals surface area contributed by atoms with Gasteiger partial charge in [-0.1, -0.05) is 24.3 Å². The van der Waals surface area contributed by atoms with E-state index in [1.54, 1.807) is 4.90 Å². The van der Waals surface area contributed by atoms with Gasteiger partial charge in [0.25, 0.3) is 0 Å². The van der Waals surface area contributed by atoms with Crippen molar-refractivity contribution >= 4 is 17.8 Å². The van der Waals surface area contributed by atoms with Crippen molar-refractivity contribution in [1.29, 1.82) is 0 Å². The van der Waals surface area contributed by atoms with Gasteiger partial charge in [0.1, 0.15) is 0 Å². The fraction of sp³-hybridized carbons (Fsp3) is 0.417. The third-order valence-electron chi connectivity index (χ3n) is 5.97. The summed E-state index contributed by atoms with van der Waals surface area (Å²) in [5, 5.41) is 3.47. The van der Waals surface area contributed by atoms with E-state index in [1.165, 1.54) is 23.0 Å². The van der Waals surface area contributed by atoms with Crippen LogP contribution in [0.3, 0.4) is 0 Å². The van der Waals surface area contributed by atoms with Gasteiger partial charge in [-0.15, -0.1) is 12.3 Å². The molecule has 0 saturated carbocycles. The number of carbonyl (C=O) groups is 2. The first-order valence-electron chi connectivity index (χ1n) is 10.7. The molecule has 0 spiro atoms. The minimum Gasteiger partial charge on any atom is -0.351 e. The lowest BCUT2D eigenvalue weighted by molar-refractivity contribution is -0.140. The summed E-state index contributed by atoms with van der Waals surface area (Å²) in [6.45, 7) is 2.95. The molecule has 31 heavy (non-hydrogen) atoms. The number of fused-ring (bicyclic) bond motifs is 2. The fourth-order valence-electron chi connectivity index (χ4n) is 4.25. The Morgan fingerprint density at radius 2 is 2.00 bits per heavy atom. The molecule has 1 aromatic carbocycles. The van der Waals surface area contributed by atoms with Gasteiger partial charge in [-0.3, -0.25) is 9.59 Å². The van der Waals surface area contributed by atoms with Crippen LogP contribution in [0, 0.1) is 12.3 Å². The van der Waals surface area contributed by atoms with Crippen molar-refractivity contribution in [2.45, 2.75) is 45.2 Å². The molecule has 2 aromatic rings. The molecular weight excluding hydrogens is 390 g/mol. The molecule has 1 aliphatic heterocycles. The first-order valence-corrected chi connectivity index (χ1v) is 10.7. The van der Waals surface area contributed by atoms with Gasteiger partial charge in [0.05, 0.1) is 12.2 Å². The largest absolute Gasteiger partial charge is 0.351 e. The third kappa shape index (κ3) is 4.85. The highest BCUT2D eigenvalue weighted by Crippen LogP contribution is 2.24. The van der Waals surface area contributed by atoms with Crippen LogP contribution in [0.5, 0.6) is 0 Å². The number of carbonyl (C=O) groups excluding carboxylic acids is 2. The van der Waals surface area contributed by atoms with Crippen molar-refractivity contribution in [3.63, 3.8) is 0 Å². The number of nitrogens with zero attached hydrogens (tertiary/aromatic N) is 4. The van der Waals surface area contributed by atoms with Crippen LogP contribution < -0.4 is 5.32 Å². The Labute approximate surface area is 182 Å². The normalized spacial score (nSPS) is 15.0. The van der Waals surface area contributed by atoms with E-state index in [9.17, 15) is 9.59 Å². The van der Waals surface area contributed by atoms with Gasteiger partial charge in [-0.25, -0.2) is 9.97 Å². The molecule has 7 nitrogen and oxygen atoms in total. The number of hydrogen-bond acceptors (Lipinski definition) is 5. The number of rotatable bonds is 6.